The number of fused-ring (bicyclic) bond motifs is 5. The number of hydrogen-bond acceptors (Lipinski definition) is 3. The molecule has 3 saturated carbocycles. The Morgan fingerprint density at radius 3 is 2.55 bits per heavy atom. The largest absolute Gasteiger partial charge is 0.299 e. The molecule has 0 N–H and O–H groups in total. The van der Waals surface area contributed by atoms with E-state index < -0.39 is 0 Å². The van der Waals surface area contributed by atoms with Crippen LogP contribution in [0.5, 0.6) is 0 Å². The van der Waals surface area contributed by atoms with Gasteiger partial charge in [-0.3, -0.25) is 14.4 Å². The minimum Gasteiger partial charge on any atom is -0.299 e. The van der Waals surface area contributed by atoms with E-state index in [4.69, 9.17) is 0 Å². The lowest BCUT2D eigenvalue weighted by Gasteiger charge is -2.48. The maximum Gasteiger partial charge on any atom is 0.158 e. The first-order valence-corrected chi connectivity index (χ1v) is 8.90. The highest BCUT2D eigenvalue weighted by Crippen LogP contribution is 2.55. The number of hydrogen-bond donors (Lipinski definition) is 0. The first-order chi connectivity index (χ1) is 10.6. The summed E-state index contributed by atoms with van der Waals surface area (Å²) in [4.78, 5) is 37.0. The number of allylic oxidation sites excluding steroid dienone is 1. The van der Waals surface area contributed by atoms with Gasteiger partial charge >= 0.3 is 0 Å². The molecule has 1 unspecified atom stereocenters. The predicted octanol–water partition coefficient (Wildman–Crippen LogP) is 3.12. The van der Waals surface area contributed by atoms with Gasteiger partial charge in [0.2, 0.25) is 0 Å². The number of ketones is 3. The molecule has 3 nitrogen and oxygen atoms in total. The third-order valence-electron chi connectivity index (χ3n) is 6.90. The first-order valence-electron chi connectivity index (χ1n) is 8.90. The number of carbonyl (C=O) groups is 3. The Morgan fingerprint density at radius 2 is 1.77 bits per heavy atom. The van der Waals surface area contributed by atoms with Crippen molar-refractivity contribution in [3.05, 3.63) is 11.6 Å². The second kappa shape index (κ2) is 5.14. The van der Waals surface area contributed by atoms with E-state index >= 15 is 0 Å². The summed E-state index contributed by atoms with van der Waals surface area (Å²) < 4.78 is 0. The van der Waals surface area contributed by atoms with Gasteiger partial charge in [-0.1, -0.05) is 12.5 Å². The third kappa shape index (κ3) is 1.97. The van der Waals surface area contributed by atoms with Gasteiger partial charge in [-0.05, 0) is 55.9 Å². The van der Waals surface area contributed by atoms with Gasteiger partial charge in [0.25, 0.3) is 0 Å². The van der Waals surface area contributed by atoms with E-state index in [0.29, 0.717) is 36.2 Å². The van der Waals surface area contributed by atoms with E-state index in [1.54, 1.807) is 0 Å². The van der Waals surface area contributed by atoms with Crippen LogP contribution >= 0.6 is 0 Å². The summed E-state index contributed by atoms with van der Waals surface area (Å²) in [6.07, 6.45) is 7.68. The normalized spacial score (nSPS) is 44.2. The van der Waals surface area contributed by atoms with Crippen LogP contribution in [-0.2, 0) is 14.4 Å². The van der Waals surface area contributed by atoms with E-state index in [2.05, 4.69) is 6.92 Å². The monoisotopic (exact) mass is 300 g/mol. The second-order valence-corrected chi connectivity index (χ2v) is 7.74. The molecule has 4 rings (SSSR count). The van der Waals surface area contributed by atoms with Crippen LogP contribution in [0.1, 0.15) is 51.9 Å². The van der Waals surface area contributed by atoms with Crippen LogP contribution in [0.2, 0.25) is 0 Å². The predicted molar refractivity (Wildman–Crippen MR) is 82.0 cm³/mol. The van der Waals surface area contributed by atoms with E-state index in [1.165, 1.54) is 5.57 Å². The smallest absolute Gasteiger partial charge is 0.158 e. The lowest BCUT2D eigenvalue weighted by Crippen LogP contribution is -2.48. The number of carbonyl (C=O) groups excluding carboxylic acids is 3. The fourth-order valence-corrected chi connectivity index (χ4v) is 5.80. The Kier molecular flexibility index (Phi) is 3.35. The van der Waals surface area contributed by atoms with Crippen molar-refractivity contribution >= 4 is 17.3 Å². The molecule has 3 fully saturated rings. The van der Waals surface area contributed by atoms with Crippen molar-refractivity contribution in [2.75, 3.05) is 0 Å². The standard InChI is InChI=1S/C19H24O3/c1-2-10-7-14-11(8-17(10)21)3-4-13-12-5-6-16(20)15(12)9-18(22)19(13)14/h8,10,12-15,19H,2-7,9H2,1H3/t10?,12-,13-,14-,15-,19-/m0/s1. The summed E-state index contributed by atoms with van der Waals surface area (Å²) in [6, 6.07) is 0. The summed E-state index contributed by atoms with van der Waals surface area (Å²) in [5, 5.41) is 0. The van der Waals surface area contributed by atoms with Crippen molar-refractivity contribution in [1.29, 1.82) is 0 Å². The molecule has 0 heterocycles. The van der Waals surface area contributed by atoms with Crippen molar-refractivity contribution in [1.82, 2.24) is 0 Å². The van der Waals surface area contributed by atoms with Crippen molar-refractivity contribution in [2.24, 2.45) is 35.5 Å². The highest BCUT2D eigenvalue weighted by molar-refractivity contribution is 5.95. The lowest BCUT2D eigenvalue weighted by atomic mass is 9.54. The van der Waals surface area contributed by atoms with Gasteiger partial charge in [0.1, 0.15) is 11.6 Å². The van der Waals surface area contributed by atoms with Crippen LogP contribution in [0.25, 0.3) is 0 Å². The molecule has 118 valence electrons. The van der Waals surface area contributed by atoms with Crippen molar-refractivity contribution in [2.45, 2.75) is 51.9 Å². The maximum absolute atomic E-state index is 12.8. The highest BCUT2D eigenvalue weighted by atomic mass is 16.1. The Bertz CT molecular complexity index is 573. The van der Waals surface area contributed by atoms with Crippen molar-refractivity contribution < 1.29 is 14.4 Å². The summed E-state index contributed by atoms with van der Waals surface area (Å²) in [5.74, 6) is 2.23. The molecule has 0 aromatic carbocycles. The van der Waals surface area contributed by atoms with E-state index in [0.717, 1.165) is 32.1 Å². The zero-order valence-electron chi connectivity index (χ0n) is 13.2. The molecule has 0 aliphatic heterocycles. The van der Waals surface area contributed by atoms with Crippen LogP contribution in [0, 0.1) is 35.5 Å². The van der Waals surface area contributed by atoms with Crippen LogP contribution in [0.4, 0.5) is 0 Å². The Morgan fingerprint density at radius 1 is 1.00 bits per heavy atom. The van der Waals surface area contributed by atoms with Gasteiger partial charge in [-0.2, -0.15) is 0 Å². The Balaban J connectivity index is 1.67. The molecule has 4 aliphatic carbocycles. The minimum atomic E-state index is 0.0199. The van der Waals surface area contributed by atoms with Crippen LogP contribution in [0.15, 0.2) is 11.6 Å². The lowest BCUT2D eigenvalue weighted by molar-refractivity contribution is -0.139. The molecule has 0 aromatic rings. The molecule has 0 amide bonds. The molecule has 0 spiro atoms. The average Bonchev–Trinajstić information content (AvgIpc) is 2.87. The summed E-state index contributed by atoms with van der Waals surface area (Å²) in [5.41, 5.74) is 1.23. The van der Waals surface area contributed by atoms with Crippen LogP contribution < -0.4 is 0 Å². The van der Waals surface area contributed by atoms with Gasteiger partial charge in [-0.25, -0.2) is 0 Å². The summed E-state index contributed by atoms with van der Waals surface area (Å²) >= 11 is 0. The van der Waals surface area contributed by atoms with Crippen molar-refractivity contribution in [3.8, 4) is 0 Å². The summed E-state index contributed by atoms with van der Waals surface area (Å²) in [6.45, 7) is 2.07. The molecule has 22 heavy (non-hydrogen) atoms. The Hall–Kier alpha value is -1.25. The molecule has 0 bridgehead atoms. The van der Waals surface area contributed by atoms with Gasteiger partial charge in [-0.15, -0.1) is 0 Å². The average molecular weight is 300 g/mol. The zero-order valence-corrected chi connectivity index (χ0v) is 13.2. The van der Waals surface area contributed by atoms with E-state index in [-0.39, 0.29) is 29.5 Å². The Labute approximate surface area is 131 Å². The van der Waals surface area contributed by atoms with Gasteiger partial charge in [0.15, 0.2) is 5.78 Å². The van der Waals surface area contributed by atoms with Crippen LogP contribution in [-0.4, -0.2) is 17.3 Å². The van der Waals surface area contributed by atoms with E-state index in [9.17, 15) is 14.4 Å². The molecule has 0 radical (unpaired) electrons. The molecule has 3 heteroatoms. The SMILES string of the molecule is CCC1C[C@H]2C(=CC1=O)CC[C@H]1[C@@H]3CCC(=O)[C@H]3CC(=O)[C@@H]12. The molecular weight excluding hydrogens is 276 g/mol. The zero-order chi connectivity index (χ0) is 15.4. The fourth-order valence-electron chi connectivity index (χ4n) is 5.80. The second-order valence-electron chi connectivity index (χ2n) is 7.74. The van der Waals surface area contributed by atoms with Gasteiger partial charge < -0.3 is 0 Å². The third-order valence-corrected chi connectivity index (χ3v) is 6.90. The van der Waals surface area contributed by atoms with Gasteiger partial charge in [0.05, 0.1) is 0 Å². The van der Waals surface area contributed by atoms with Crippen LogP contribution in [0.3, 0.4) is 0 Å². The topological polar surface area (TPSA) is 51.2 Å². The first kappa shape index (κ1) is 14.3. The fraction of sp³-hybridized carbons (Fsp3) is 0.737. The quantitative estimate of drug-likeness (QED) is 0.747. The molecule has 0 aromatic heterocycles. The highest BCUT2D eigenvalue weighted by Gasteiger charge is 2.54. The molecule has 4 aliphatic rings. The summed E-state index contributed by atoms with van der Waals surface area (Å²) in [7, 11) is 0. The van der Waals surface area contributed by atoms with E-state index in [1.807, 2.05) is 6.08 Å². The van der Waals surface area contributed by atoms with Crippen molar-refractivity contribution in [3.63, 3.8) is 0 Å². The number of Topliss-reactive ketones (excluding diaryl/α,β-unsaturated/α-hetero) is 2. The van der Waals surface area contributed by atoms with Gasteiger partial charge in [0, 0.05) is 30.6 Å². The molecule has 0 saturated heterocycles. The minimum absolute atomic E-state index is 0.0199. The maximum atomic E-state index is 12.8. The molecule has 6 atom stereocenters. The number of rotatable bonds is 1. The molecular formula is C19H24O3.